The molecule has 0 saturated carbocycles. The van der Waals surface area contributed by atoms with Crippen molar-refractivity contribution in [1.82, 2.24) is 19.9 Å². The second-order valence-corrected chi connectivity index (χ2v) is 8.92. The molecule has 4 rings (SSSR count). The Kier molecular flexibility index (Phi) is 11.6. The van der Waals surface area contributed by atoms with E-state index in [9.17, 15) is 14.4 Å². The Morgan fingerprint density at radius 1 is 0.952 bits per heavy atom. The highest BCUT2D eigenvalue weighted by Crippen LogP contribution is 2.30. The average Bonchev–Trinajstić information content (AvgIpc) is 3.06. The van der Waals surface area contributed by atoms with Crippen molar-refractivity contribution >= 4 is 47.3 Å². The predicted octanol–water partition coefficient (Wildman–Crippen LogP) is 3.12. The first-order valence-corrected chi connectivity index (χ1v) is 13.1. The summed E-state index contributed by atoms with van der Waals surface area (Å²) in [5, 5.41) is 10.2. The van der Waals surface area contributed by atoms with E-state index in [2.05, 4.69) is 25.3 Å². The Hall–Kier alpha value is -5.23. The molecule has 0 aliphatic rings. The third-order valence-corrected chi connectivity index (χ3v) is 6.36. The second-order valence-electron chi connectivity index (χ2n) is 8.92. The number of aldehydes is 1. The van der Waals surface area contributed by atoms with Crippen LogP contribution in [0.4, 0.5) is 28.7 Å². The molecule has 0 spiro atoms. The maximum Gasteiger partial charge on any atom is 0.258 e. The Labute approximate surface area is 244 Å². The highest BCUT2D eigenvalue weighted by molar-refractivity contribution is 6.07. The molecule has 12 heteroatoms. The van der Waals surface area contributed by atoms with Crippen molar-refractivity contribution in [3.63, 3.8) is 0 Å². The molecule has 0 radical (unpaired) electrons. The molecular weight excluding hydrogens is 536 g/mol. The maximum absolute atomic E-state index is 13.2. The molecule has 0 fully saturated rings. The van der Waals surface area contributed by atoms with Crippen LogP contribution in [0.3, 0.4) is 0 Å². The van der Waals surface area contributed by atoms with E-state index in [1.54, 1.807) is 54.9 Å². The van der Waals surface area contributed by atoms with Gasteiger partial charge in [0.05, 0.1) is 17.9 Å². The summed E-state index contributed by atoms with van der Waals surface area (Å²) in [4.78, 5) is 58.3. The van der Waals surface area contributed by atoms with Gasteiger partial charge in [-0.05, 0) is 55.3 Å². The lowest BCUT2D eigenvalue weighted by Gasteiger charge is -2.25. The number of benzene rings is 1. The molecule has 2 N–H and O–H groups in total. The molecule has 0 unspecified atom stereocenters. The Bertz CT molecular complexity index is 1450. The van der Waals surface area contributed by atoms with E-state index < -0.39 is 6.04 Å². The standard InChI is InChI=1S/C29H30N8O3.CH4O/c1-4-37(29(40)22-11-14-30-15-12-22)26-17-31-19-33-27(26)34-23(18-38)16-21-7-9-24(10-8-21)36(3)28-25(35(2)20-39)6-5-13-32-28;1-2/h5-15,17-20,23H,4,16H2,1-3H3,(H,31,33,34);2H,1H3/t23-;/m0./s1. The summed E-state index contributed by atoms with van der Waals surface area (Å²) in [6, 6.07) is 14.0. The number of rotatable bonds is 12. The zero-order valence-electron chi connectivity index (χ0n) is 24.0. The molecule has 218 valence electrons. The van der Waals surface area contributed by atoms with Gasteiger partial charge in [-0.2, -0.15) is 0 Å². The van der Waals surface area contributed by atoms with Crippen molar-refractivity contribution in [3.8, 4) is 0 Å². The smallest absolute Gasteiger partial charge is 0.258 e. The SMILES string of the molecule is CCN(C(=O)c1ccncc1)c1cncnc1N[C@H](C=O)Cc1ccc(N(C)c2ncccc2N(C)C=O)cc1.CO. The summed E-state index contributed by atoms with van der Waals surface area (Å²) >= 11 is 0. The number of aromatic nitrogens is 4. The summed E-state index contributed by atoms with van der Waals surface area (Å²) in [5.41, 5.74) is 3.42. The lowest BCUT2D eigenvalue weighted by atomic mass is 10.1. The van der Waals surface area contributed by atoms with Gasteiger partial charge in [-0.15, -0.1) is 0 Å². The van der Waals surface area contributed by atoms with Crippen LogP contribution in [0.2, 0.25) is 0 Å². The van der Waals surface area contributed by atoms with E-state index in [0.29, 0.717) is 41.5 Å². The zero-order chi connectivity index (χ0) is 30.5. The largest absolute Gasteiger partial charge is 0.400 e. The summed E-state index contributed by atoms with van der Waals surface area (Å²) in [5.74, 6) is 0.797. The van der Waals surface area contributed by atoms with Gasteiger partial charge in [0.2, 0.25) is 6.41 Å². The number of aliphatic hydroxyl groups is 1. The molecule has 0 bridgehead atoms. The number of carbonyl (C=O) groups excluding carboxylic acids is 3. The van der Waals surface area contributed by atoms with Crippen molar-refractivity contribution in [2.24, 2.45) is 0 Å². The van der Waals surface area contributed by atoms with Crippen LogP contribution in [0, 0.1) is 0 Å². The maximum atomic E-state index is 13.2. The van der Waals surface area contributed by atoms with Crippen LogP contribution in [0.25, 0.3) is 0 Å². The first-order valence-electron chi connectivity index (χ1n) is 13.1. The van der Waals surface area contributed by atoms with E-state index >= 15 is 0 Å². The zero-order valence-corrected chi connectivity index (χ0v) is 24.0. The highest BCUT2D eigenvalue weighted by atomic mass is 16.2. The molecule has 3 aromatic heterocycles. The number of hydrogen-bond acceptors (Lipinski definition) is 10. The molecule has 0 aliphatic carbocycles. The van der Waals surface area contributed by atoms with Crippen LogP contribution in [0.5, 0.6) is 0 Å². The minimum atomic E-state index is -0.601. The Morgan fingerprint density at radius 2 is 1.67 bits per heavy atom. The lowest BCUT2D eigenvalue weighted by molar-refractivity contribution is -0.108. The van der Waals surface area contributed by atoms with Crippen molar-refractivity contribution in [2.45, 2.75) is 19.4 Å². The molecule has 42 heavy (non-hydrogen) atoms. The fraction of sp³-hybridized carbons (Fsp3) is 0.233. The van der Waals surface area contributed by atoms with Crippen LogP contribution >= 0.6 is 0 Å². The van der Waals surface area contributed by atoms with Gasteiger partial charge in [0.25, 0.3) is 5.91 Å². The average molecular weight is 571 g/mol. The number of hydrogen-bond donors (Lipinski definition) is 2. The molecule has 3 heterocycles. The third-order valence-electron chi connectivity index (χ3n) is 6.36. The fourth-order valence-electron chi connectivity index (χ4n) is 4.22. The Morgan fingerprint density at radius 3 is 2.31 bits per heavy atom. The molecule has 0 aliphatic heterocycles. The van der Waals surface area contributed by atoms with Gasteiger partial charge in [0.15, 0.2) is 11.6 Å². The molecular formula is C30H34N8O4. The highest BCUT2D eigenvalue weighted by Gasteiger charge is 2.22. The lowest BCUT2D eigenvalue weighted by Crippen LogP contribution is -2.33. The van der Waals surface area contributed by atoms with Crippen molar-refractivity contribution in [3.05, 3.63) is 90.8 Å². The molecule has 1 aromatic carbocycles. The second kappa shape index (κ2) is 15.5. The number of nitrogens with zero attached hydrogens (tertiary/aromatic N) is 7. The van der Waals surface area contributed by atoms with Gasteiger partial charge in [-0.25, -0.2) is 15.0 Å². The predicted molar refractivity (Wildman–Crippen MR) is 162 cm³/mol. The van der Waals surface area contributed by atoms with E-state index in [4.69, 9.17) is 5.11 Å². The van der Waals surface area contributed by atoms with E-state index in [-0.39, 0.29) is 5.91 Å². The molecule has 1 atom stereocenters. The number of aliphatic hydroxyl groups excluding tert-OH is 1. The number of anilines is 5. The van der Waals surface area contributed by atoms with Gasteiger partial charge in [-0.3, -0.25) is 14.6 Å². The monoisotopic (exact) mass is 570 g/mol. The fourth-order valence-corrected chi connectivity index (χ4v) is 4.22. The van der Waals surface area contributed by atoms with Crippen LogP contribution in [0.15, 0.2) is 79.6 Å². The first kappa shape index (κ1) is 31.3. The van der Waals surface area contributed by atoms with Crippen LogP contribution in [-0.4, -0.2) is 77.4 Å². The molecule has 4 aromatic rings. The van der Waals surface area contributed by atoms with Crippen LogP contribution in [0.1, 0.15) is 22.8 Å². The number of carbonyl (C=O) groups is 3. The minimum Gasteiger partial charge on any atom is -0.400 e. The van der Waals surface area contributed by atoms with E-state index in [1.165, 1.54) is 11.2 Å². The van der Waals surface area contributed by atoms with Gasteiger partial charge in [-0.1, -0.05) is 12.1 Å². The van der Waals surface area contributed by atoms with Crippen LogP contribution in [-0.2, 0) is 16.0 Å². The van der Waals surface area contributed by atoms with Gasteiger partial charge >= 0.3 is 0 Å². The summed E-state index contributed by atoms with van der Waals surface area (Å²) in [6.45, 7) is 2.24. The van der Waals surface area contributed by atoms with Crippen molar-refractivity contribution in [1.29, 1.82) is 0 Å². The minimum absolute atomic E-state index is 0.222. The number of pyridine rings is 2. The quantitative estimate of drug-likeness (QED) is 0.244. The normalized spacial score (nSPS) is 10.9. The van der Waals surface area contributed by atoms with Crippen molar-refractivity contribution in [2.75, 3.05) is 47.8 Å². The first-order chi connectivity index (χ1) is 20.5. The summed E-state index contributed by atoms with van der Waals surface area (Å²) in [6.07, 6.45) is 9.68. The molecule has 12 nitrogen and oxygen atoms in total. The summed E-state index contributed by atoms with van der Waals surface area (Å²) < 4.78 is 0. The molecule has 0 saturated heterocycles. The Balaban J connectivity index is 0.00000237. The number of amides is 2. The van der Waals surface area contributed by atoms with Gasteiger partial charge in [0.1, 0.15) is 18.3 Å². The van der Waals surface area contributed by atoms with Crippen LogP contribution < -0.4 is 20.0 Å². The van der Waals surface area contributed by atoms with E-state index in [1.807, 2.05) is 49.2 Å². The number of nitrogens with one attached hydrogen (secondary N) is 1. The van der Waals surface area contributed by atoms with Gasteiger partial charge < -0.3 is 29.9 Å². The third kappa shape index (κ3) is 7.49. The van der Waals surface area contributed by atoms with Crippen molar-refractivity contribution < 1.29 is 19.5 Å². The van der Waals surface area contributed by atoms with Gasteiger partial charge in [0, 0.05) is 57.6 Å². The van der Waals surface area contributed by atoms with E-state index in [0.717, 1.165) is 31.1 Å². The summed E-state index contributed by atoms with van der Waals surface area (Å²) in [7, 11) is 4.55. The topological polar surface area (TPSA) is 145 Å². The molecule has 2 amide bonds.